The molecule has 4 rings (SSSR count). The Hall–Kier alpha value is -2.14. The Bertz CT molecular complexity index is 800. The zero-order chi connectivity index (χ0) is 19.5. The van der Waals surface area contributed by atoms with Crippen LogP contribution in [-0.4, -0.2) is 45.3 Å². The summed E-state index contributed by atoms with van der Waals surface area (Å²) in [5.41, 5.74) is 3.40. The van der Waals surface area contributed by atoms with Crippen molar-refractivity contribution in [2.75, 3.05) is 6.54 Å². The molecule has 150 valence electrons. The number of hydrogen-bond donors (Lipinski definition) is 1. The molecule has 0 unspecified atom stereocenters. The van der Waals surface area contributed by atoms with Crippen LogP contribution < -0.4 is 5.32 Å². The molecule has 2 aliphatic heterocycles. The van der Waals surface area contributed by atoms with Crippen molar-refractivity contribution in [1.29, 1.82) is 0 Å². The Morgan fingerprint density at radius 1 is 1.18 bits per heavy atom. The molecule has 5 heteroatoms. The highest BCUT2D eigenvalue weighted by Gasteiger charge is 2.39. The normalized spacial score (nSPS) is 25.2. The lowest BCUT2D eigenvalue weighted by molar-refractivity contribution is -0.135. The van der Waals surface area contributed by atoms with Crippen molar-refractivity contribution in [3.63, 3.8) is 0 Å². The zero-order valence-electron chi connectivity index (χ0n) is 17.1. The van der Waals surface area contributed by atoms with E-state index in [4.69, 9.17) is 0 Å². The summed E-state index contributed by atoms with van der Waals surface area (Å²) in [4.78, 5) is 15.4. The minimum atomic E-state index is 0.213. The number of carbonyl (C=O) groups is 1. The molecule has 5 nitrogen and oxygen atoms in total. The first-order valence-electron chi connectivity index (χ1n) is 10.7. The molecule has 0 bridgehead atoms. The minimum absolute atomic E-state index is 0.213. The molecule has 3 atom stereocenters. The van der Waals surface area contributed by atoms with Gasteiger partial charge in [-0.1, -0.05) is 43.2 Å². The fraction of sp³-hybridized carbons (Fsp3) is 0.565. The fourth-order valence-electron chi connectivity index (χ4n) is 4.95. The van der Waals surface area contributed by atoms with Crippen molar-refractivity contribution in [2.45, 2.75) is 77.0 Å². The topological polar surface area (TPSA) is 50.2 Å². The summed E-state index contributed by atoms with van der Waals surface area (Å²) < 4.78 is 1.86. The van der Waals surface area contributed by atoms with Gasteiger partial charge in [-0.15, -0.1) is 0 Å². The molecule has 1 aromatic carbocycles. The van der Waals surface area contributed by atoms with Gasteiger partial charge in [-0.2, -0.15) is 5.10 Å². The number of aryl methyl sites for hydroxylation is 2. The van der Waals surface area contributed by atoms with Crippen LogP contribution in [0.3, 0.4) is 0 Å². The van der Waals surface area contributed by atoms with Crippen LogP contribution in [-0.2, 0) is 17.8 Å². The van der Waals surface area contributed by atoms with E-state index in [-0.39, 0.29) is 5.91 Å². The van der Waals surface area contributed by atoms with E-state index in [0.29, 0.717) is 24.7 Å². The predicted octanol–water partition coefficient (Wildman–Crippen LogP) is 3.24. The maximum absolute atomic E-state index is 13.2. The summed E-state index contributed by atoms with van der Waals surface area (Å²) in [5, 5.41) is 8.35. The molecular weight excluding hydrogens is 348 g/mol. The van der Waals surface area contributed by atoms with E-state index >= 15 is 0 Å². The zero-order valence-corrected chi connectivity index (χ0v) is 17.1. The lowest BCUT2D eigenvalue weighted by Crippen LogP contribution is -2.49. The van der Waals surface area contributed by atoms with Gasteiger partial charge in [0.05, 0.1) is 5.69 Å². The van der Waals surface area contributed by atoms with Gasteiger partial charge >= 0.3 is 0 Å². The van der Waals surface area contributed by atoms with Crippen LogP contribution in [0.25, 0.3) is 0 Å². The highest BCUT2D eigenvalue weighted by Crippen LogP contribution is 2.28. The van der Waals surface area contributed by atoms with E-state index in [9.17, 15) is 4.79 Å². The summed E-state index contributed by atoms with van der Waals surface area (Å²) in [7, 11) is 0. The first-order chi connectivity index (χ1) is 13.6. The number of amides is 1. The van der Waals surface area contributed by atoms with E-state index < -0.39 is 0 Å². The fourth-order valence-corrected chi connectivity index (χ4v) is 4.95. The van der Waals surface area contributed by atoms with Crippen LogP contribution in [0.1, 0.15) is 49.1 Å². The van der Waals surface area contributed by atoms with E-state index in [1.54, 1.807) is 0 Å². The van der Waals surface area contributed by atoms with Crippen molar-refractivity contribution in [2.24, 2.45) is 0 Å². The third-order valence-electron chi connectivity index (χ3n) is 6.29. The first kappa shape index (κ1) is 19.2. The van der Waals surface area contributed by atoms with Gasteiger partial charge in [-0.25, -0.2) is 0 Å². The van der Waals surface area contributed by atoms with Crippen molar-refractivity contribution >= 4 is 5.91 Å². The second kappa shape index (κ2) is 8.48. The van der Waals surface area contributed by atoms with Gasteiger partial charge in [0.15, 0.2) is 0 Å². The quantitative estimate of drug-likeness (QED) is 0.886. The lowest BCUT2D eigenvalue weighted by atomic mass is 9.96. The van der Waals surface area contributed by atoms with Crippen LogP contribution in [0.4, 0.5) is 0 Å². The molecule has 2 fully saturated rings. The molecule has 0 saturated carbocycles. The van der Waals surface area contributed by atoms with Gasteiger partial charge in [-0.05, 0) is 51.2 Å². The summed E-state index contributed by atoms with van der Waals surface area (Å²) in [5.74, 6) is 0.213. The summed E-state index contributed by atoms with van der Waals surface area (Å²) in [6.45, 7) is 5.23. The third kappa shape index (κ3) is 4.30. The van der Waals surface area contributed by atoms with E-state index in [0.717, 1.165) is 37.2 Å². The van der Waals surface area contributed by atoms with E-state index in [1.165, 1.54) is 24.8 Å². The first-order valence-corrected chi connectivity index (χ1v) is 10.7. The number of fused-ring (bicyclic) bond motifs is 1. The Morgan fingerprint density at radius 2 is 2.00 bits per heavy atom. The van der Waals surface area contributed by atoms with Crippen LogP contribution >= 0.6 is 0 Å². The molecule has 28 heavy (non-hydrogen) atoms. The maximum Gasteiger partial charge on any atom is 0.244 e. The van der Waals surface area contributed by atoms with Crippen molar-refractivity contribution in [3.05, 3.63) is 53.3 Å². The number of nitrogens with one attached hydrogen (secondary N) is 1. The van der Waals surface area contributed by atoms with Gasteiger partial charge in [0, 0.05) is 30.4 Å². The monoisotopic (exact) mass is 380 g/mol. The number of nitrogens with zero attached hydrogens (tertiary/aromatic N) is 3. The molecule has 0 spiro atoms. The van der Waals surface area contributed by atoms with Gasteiger partial charge in [0.25, 0.3) is 0 Å². The Morgan fingerprint density at radius 3 is 2.75 bits per heavy atom. The van der Waals surface area contributed by atoms with Crippen molar-refractivity contribution < 1.29 is 4.79 Å². The third-order valence-corrected chi connectivity index (χ3v) is 6.29. The van der Waals surface area contributed by atoms with Gasteiger partial charge in [-0.3, -0.25) is 9.48 Å². The second-order valence-corrected chi connectivity index (χ2v) is 8.48. The summed E-state index contributed by atoms with van der Waals surface area (Å²) in [6.07, 6.45) is 6.81. The Kier molecular flexibility index (Phi) is 5.81. The molecule has 1 N–H and O–H groups in total. The number of hydrogen-bond acceptors (Lipinski definition) is 3. The molecule has 0 aliphatic carbocycles. The molecule has 2 saturated heterocycles. The average Bonchev–Trinajstić information content (AvgIpc) is 3.18. The van der Waals surface area contributed by atoms with Crippen LogP contribution in [0.2, 0.25) is 0 Å². The highest BCUT2D eigenvalue weighted by molar-refractivity contribution is 5.76. The Balaban J connectivity index is 1.48. The van der Waals surface area contributed by atoms with Crippen LogP contribution in [0, 0.1) is 13.8 Å². The maximum atomic E-state index is 13.2. The predicted molar refractivity (Wildman–Crippen MR) is 111 cm³/mol. The number of likely N-dealkylation sites (tertiary alicyclic amines) is 1. The van der Waals surface area contributed by atoms with Crippen LogP contribution in [0.5, 0.6) is 0 Å². The smallest absolute Gasteiger partial charge is 0.244 e. The minimum Gasteiger partial charge on any atom is -0.336 e. The number of carbonyl (C=O) groups excluding carboxylic acids is 1. The molecular formula is C23H32N4O. The highest BCUT2D eigenvalue weighted by atomic mass is 16.2. The van der Waals surface area contributed by atoms with Gasteiger partial charge in [0.1, 0.15) is 6.54 Å². The lowest BCUT2D eigenvalue weighted by Gasteiger charge is -2.35. The largest absolute Gasteiger partial charge is 0.336 e. The Labute approximate surface area is 168 Å². The molecule has 2 aliphatic rings. The molecule has 3 heterocycles. The molecule has 1 amide bonds. The van der Waals surface area contributed by atoms with Crippen molar-refractivity contribution in [3.8, 4) is 0 Å². The van der Waals surface area contributed by atoms with Crippen LogP contribution in [0.15, 0.2) is 36.4 Å². The van der Waals surface area contributed by atoms with E-state index in [2.05, 4.69) is 45.6 Å². The van der Waals surface area contributed by atoms with Gasteiger partial charge in [0.2, 0.25) is 5.91 Å². The average molecular weight is 381 g/mol. The summed E-state index contributed by atoms with van der Waals surface area (Å²) >= 11 is 0. The number of rotatable bonds is 4. The van der Waals surface area contributed by atoms with Gasteiger partial charge < -0.3 is 10.2 Å². The molecule has 0 radical (unpaired) electrons. The SMILES string of the molecule is Cc1cc(C)n(CC(=O)N2CCCCC[C@H]3N[C@H](Cc4ccccc4)C[C@@H]32)n1. The second-order valence-electron chi connectivity index (χ2n) is 8.48. The molecule has 1 aromatic heterocycles. The standard InChI is InChI=1S/C23H32N4O/c1-17-13-18(2)27(25-17)16-23(28)26-12-8-4-7-11-21-22(26)15-20(24-21)14-19-9-5-3-6-10-19/h3,5-6,9-10,13,20-22,24H,4,7-8,11-12,14-16H2,1-2H3/t20-,21-,22+/m1/s1. The molecule has 2 aromatic rings. The number of aromatic nitrogens is 2. The summed E-state index contributed by atoms with van der Waals surface area (Å²) in [6, 6.07) is 13.9. The number of benzene rings is 1. The van der Waals surface area contributed by atoms with Crippen molar-refractivity contribution in [1.82, 2.24) is 20.0 Å². The van der Waals surface area contributed by atoms with E-state index in [1.807, 2.05) is 24.6 Å².